The van der Waals surface area contributed by atoms with Gasteiger partial charge in [-0.2, -0.15) is 0 Å². The molecule has 0 saturated heterocycles. The largest absolute Gasteiger partial charge is 0.313 e. The van der Waals surface area contributed by atoms with Crippen molar-refractivity contribution in [2.75, 3.05) is 6.54 Å². The maximum atomic E-state index is 3.87. The van der Waals surface area contributed by atoms with Crippen molar-refractivity contribution in [2.24, 2.45) is 17.3 Å². The van der Waals surface area contributed by atoms with E-state index in [0.717, 1.165) is 23.3 Å². The fourth-order valence-corrected chi connectivity index (χ4v) is 3.40. The van der Waals surface area contributed by atoms with Crippen LogP contribution in [0.1, 0.15) is 58.3 Å². The third-order valence-electron chi connectivity index (χ3n) is 5.09. The van der Waals surface area contributed by atoms with Gasteiger partial charge in [0, 0.05) is 12.6 Å². The molecule has 1 N–H and O–H groups in total. The van der Waals surface area contributed by atoms with Gasteiger partial charge in [-0.1, -0.05) is 6.92 Å². The summed E-state index contributed by atoms with van der Waals surface area (Å²) in [6.45, 7) is 3.75. The predicted octanol–water partition coefficient (Wildman–Crippen LogP) is 3.34. The Kier molecular flexibility index (Phi) is 2.54. The van der Waals surface area contributed by atoms with Crippen LogP contribution in [-0.2, 0) is 0 Å². The van der Waals surface area contributed by atoms with E-state index in [-0.39, 0.29) is 0 Å². The van der Waals surface area contributed by atoms with Gasteiger partial charge in [0.2, 0.25) is 0 Å². The molecule has 86 valence electrons. The second kappa shape index (κ2) is 3.76. The van der Waals surface area contributed by atoms with Crippen molar-refractivity contribution < 1.29 is 0 Å². The van der Waals surface area contributed by atoms with Gasteiger partial charge < -0.3 is 5.32 Å². The van der Waals surface area contributed by atoms with Gasteiger partial charge in [-0.25, -0.2) is 0 Å². The Hall–Kier alpha value is -0.0400. The zero-order valence-electron chi connectivity index (χ0n) is 10.1. The minimum atomic E-state index is 0.795. The topological polar surface area (TPSA) is 12.0 Å². The summed E-state index contributed by atoms with van der Waals surface area (Å²) in [6, 6.07) is 0.859. The lowest BCUT2D eigenvalue weighted by molar-refractivity contribution is 0.282. The molecule has 1 nitrogen and oxygen atoms in total. The summed E-state index contributed by atoms with van der Waals surface area (Å²) in [5, 5.41) is 3.87. The van der Waals surface area contributed by atoms with Gasteiger partial charge in [-0.3, -0.25) is 0 Å². The first-order valence-corrected chi connectivity index (χ1v) is 7.02. The molecule has 0 bridgehead atoms. The number of hydrogen-bond acceptors (Lipinski definition) is 1. The molecule has 0 unspecified atom stereocenters. The van der Waals surface area contributed by atoms with Gasteiger partial charge >= 0.3 is 0 Å². The monoisotopic (exact) mass is 207 g/mol. The minimum Gasteiger partial charge on any atom is -0.313 e. The SMILES string of the molecule is CC1CCC(NCC2(C3CC3)CC2)CC1. The minimum absolute atomic E-state index is 0.795. The zero-order chi connectivity index (χ0) is 10.3. The van der Waals surface area contributed by atoms with Crippen LogP contribution in [0.4, 0.5) is 0 Å². The first kappa shape index (κ1) is 10.1. The molecule has 0 atom stereocenters. The number of hydrogen-bond donors (Lipinski definition) is 1. The van der Waals surface area contributed by atoms with Crippen molar-refractivity contribution >= 4 is 0 Å². The lowest BCUT2D eigenvalue weighted by atomic mass is 9.87. The van der Waals surface area contributed by atoms with Crippen LogP contribution in [0.3, 0.4) is 0 Å². The first-order chi connectivity index (χ1) is 7.28. The van der Waals surface area contributed by atoms with E-state index < -0.39 is 0 Å². The van der Waals surface area contributed by atoms with Crippen molar-refractivity contribution in [1.82, 2.24) is 5.32 Å². The van der Waals surface area contributed by atoms with Crippen LogP contribution >= 0.6 is 0 Å². The van der Waals surface area contributed by atoms with E-state index in [1.54, 1.807) is 0 Å². The molecule has 0 heterocycles. The van der Waals surface area contributed by atoms with E-state index in [1.807, 2.05) is 0 Å². The van der Waals surface area contributed by atoms with E-state index in [1.165, 1.54) is 57.9 Å². The van der Waals surface area contributed by atoms with E-state index in [2.05, 4.69) is 12.2 Å². The summed E-state index contributed by atoms with van der Waals surface area (Å²) < 4.78 is 0. The zero-order valence-corrected chi connectivity index (χ0v) is 10.1. The Morgan fingerprint density at radius 3 is 2.20 bits per heavy atom. The Morgan fingerprint density at radius 2 is 1.67 bits per heavy atom. The summed E-state index contributed by atoms with van der Waals surface area (Å²) >= 11 is 0. The summed E-state index contributed by atoms with van der Waals surface area (Å²) in [6.07, 6.45) is 11.9. The molecule has 0 spiro atoms. The molecule has 15 heavy (non-hydrogen) atoms. The molecule has 3 saturated carbocycles. The number of rotatable bonds is 4. The molecule has 0 aromatic carbocycles. The highest BCUT2D eigenvalue weighted by molar-refractivity contribution is 5.05. The highest BCUT2D eigenvalue weighted by atomic mass is 14.9. The van der Waals surface area contributed by atoms with Crippen LogP contribution in [0.5, 0.6) is 0 Å². The molecule has 0 aromatic rings. The number of nitrogens with one attached hydrogen (secondary N) is 1. The van der Waals surface area contributed by atoms with E-state index >= 15 is 0 Å². The van der Waals surface area contributed by atoms with Gasteiger partial charge in [-0.05, 0) is 68.6 Å². The van der Waals surface area contributed by atoms with Gasteiger partial charge in [-0.15, -0.1) is 0 Å². The maximum Gasteiger partial charge on any atom is 0.00674 e. The summed E-state index contributed by atoms with van der Waals surface area (Å²) in [7, 11) is 0. The fraction of sp³-hybridized carbons (Fsp3) is 1.00. The van der Waals surface area contributed by atoms with Crippen molar-refractivity contribution in [3.8, 4) is 0 Å². The second-order valence-corrected chi connectivity index (χ2v) is 6.47. The average molecular weight is 207 g/mol. The summed E-state index contributed by atoms with van der Waals surface area (Å²) in [5.41, 5.74) is 0.795. The molecule has 3 fully saturated rings. The average Bonchev–Trinajstić information content (AvgIpc) is 3.10. The van der Waals surface area contributed by atoms with Crippen LogP contribution in [0.15, 0.2) is 0 Å². The second-order valence-electron chi connectivity index (χ2n) is 6.47. The van der Waals surface area contributed by atoms with Gasteiger partial charge in [0.25, 0.3) is 0 Å². The molecule has 0 radical (unpaired) electrons. The standard InChI is InChI=1S/C14H25N/c1-11-2-6-13(7-3-11)15-10-14(8-9-14)12-4-5-12/h11-13,15H,2-10H2,1H3. The molecule has 3 rings (SSSR count). The highest BCUT2D eigenvalue weighted by Crippen LogP contribution is 2.60. The molecular weight excluding hydrogens is 182 g/mol. The Balaban J connectivity index is 1.42. The van der Waals surface area contributed by atoms with Crippen LogP contribution in [0, 0.1) is 17.3 Å². The van der Waals surface area contributed by atoms with Crippen LogP contribution < -0.4 is 5.32 Å². The van der Waals surface area contributed by atoms with E-state index in [0.29, 0.717) is 0 Å². The lowest BCUT2D eigenvalue weighted by Crippen LogP contribution is -2.37. The van der Waals surface area contributed by atoms with Crippen LogP contribution in [0.25, 0.3) is 0 Å². The molecule has 3 aliphatic rings. The molecule has 3 aliphatic carbocycles. The third kappa shape index (κ3) is 2.22. The van der Waals surface area contributed by atoms with E-state index in [9.17, 15) is 0 Å². The molecule has 0 aliphatic heterocycles. The predicted molar refractivity (Wildman–Crippen MR) is 63.8 cm³/mol. The first-order valence-electron chi connectivity index (χ1n) is 7.02. The summed E-state index contributed by atoms with van der Waals surface area (Å²) in [5.74, 6) is 2.11. The fourth-order valence-electron chi connectivity index (χ4n) is 3.40. The van der Waals surface area contributed by atoms with Crippen molar-refractivity contribution in [1.29, 1.82) is 0 Å². The van der Waals surface area contributed by atoms with Crippen LogP contribution in [-0.4, -0.2) is 12.6 Å². The quantitative estimate of drug-likeness (QED) is 0.745. The Morgan fingerprint density at radius 1 is 1.00 bits per heavy atom. The van der Waals surface area contributed by atoms with Gasteiger partial charge in [0.15, 0.2) is 0 Å². The molecule has 1 heteroatoms. The lowest BCUT2D eigenvalue weighted by Gasteiger charge is -2.29. The summed E-state index contributed by atoms with van der Waals surface area (Å²) in [4.78, 5) is 0. The highest BCUT2D eigenvalue weighted by Gasteiger charge is 2.53. The van der Waals surface area contributed by atoms with Gasteiger partial charge in [0.1, 0.15) is 0 Å². The smallest absolute Gasteiger partial charge is 0.00674 e. The molecule has 0 amide bonds. The van der Waals surface area contributed by atoms with Crippen molar-refractivity contribution in [3.05, 3.63) is 0 Å². The normalized spacial score (nSPS) is 39.0. The Bertz CT molecular complexity index is 219. The van der Waals surface area contributed by atoms with Crippen molar-refractivity contribution in [3.63, 3.8) is 0 Å². The van der Waals surface area contributed by atoms with Crippen LogP contribution in [0.2, 0.25) is 0 Å². The van der Waals surface area contributed by atoms with Crippen molar-refractivity contribution in [2.45, 2.75) is 64.3 Å². The van der Waals surface area contributed by atoms with Gasteiger partial charge in [0.05, 0.1) is 0 Å². The Labute approximate surface area is 94.0 Å². The third-order valence-corrected chi connectivity index (χ3v) is 5.09. The van der Waals surface area contributed by atoms with E-state index in [4.69, 9.17) is 0 Å². The molecule has 0 aromatic heterocycles. The molecular formula is C14H25N. The maximum absolute atomic E-state index is 3.87.